The van der Waals surface area contributed by atoms with E-state index < -0.39 is 0 Å². The Labute approximate surface area is 149 Å². The molecule has 0 spiro atoms. The highest BCUT2D eigenvalue weighted by Crippen LogP contribution is 2.29. The van der Waals surface area contributed by atoms with Gasteiger partial charge in [0.2, 0.25) is 0 Å². The molecule has 2 aromatic heterocycles. The molecule has 0 atom stereocenters. The molecule has 0 radical (unpaired) electrons. The third-order valence-corrected chi connectivity index (χ3v) is 3.49. The number of methoxy groups -OCH3 is 1. The van der Waals surface area contributed by atoms with Crippen LogP contribution in [0, 0.1) is 0 Å². The maximum absolute atomic E-state index is 12.0. The molecule has 7 nitrogen and oxygen atoms in total. The van der Waals surface area contributed by atoms with E-state index in [1.807, 2.05) is 0 Å². The smallest absolute Gasteiger partial charge is 0.258 e. The fourth-order valence-electron chi connectivity index (χ4n) is 2.07. The lowest BCUT2D eigenvalue weighted by atomic mass is 10.2. The van der Waals surface area contributed by atoms with Crippen molar-refractivity contribution < 1.29 is 9.53 Å². The van der Waals surface area contributed by atoms with Crippen LogP contribution in [0.25, 0.3) is 0 Å². The lowest BCUT2D eigenvalue weighted by molar-refractivity contribution is 0.102. The van der Waals surface area contributed by atoms with Crippen LogP contribution in [0.5, 0.6) is 5.75 Å². The largest absolute Gasteiger partial charge is 0.495 e. The van der Waals surface area contributed by atoms with Crippen LogP contribution in [0.4, 0.5) is 17.3 Å². The molecule has 0 bridgehead atoms. The topological polar surface area (TPSA) is 89.0 Å². The Hall–Kier alpha value is -3.19. The highest BCUT2D eigenvalue weighted by Gasteiger charge is 2.08. The summed E-state index contributed by atoms with van der Waals surface area (Å²) in [4.78, 5) is 15.9. The quantitative estimate of drug-likeness (QED) is 0.727. The Morgan fingerprint density at radius 1 is 1.12 bits per heavy atom. The van der Waals surface area contributed by atoms with Gasteiger partial charge < -0.3 is 15.4 Å². The Bertz CT molecular complexity index is 872. The maximum atomic E-state index is 12.0. The number of nitrogens with one attached hydrogen (secondary N) is 2. The third-order valence-electron chi connectivity index (χ3n) is 3.25. The molecule has 0 fully saturated rings. The summed E-state index contributed by atoms with van der Waals surface area (Å²) < 4.78 is 5.27. The number of hydrogen-bond donors (Lipinski definition) is 2. The number of carbonyl (C=O) groups is 1. The Balaban J connectivity index is 1.70. The molecule has 0 saturated heterocycles. The molecule has 3 rings (SSSR count). The molecule has 1 amide bonds. The Morgan fingerprint density at radius 2 is 1.92 bits per heavy atom. The van der Waals surface area contributed by atoms with E-state index in [4.69, 9.17) is 16.3 Å². The van der Waals surface area contributed by atoms with Gasteiger partial charge in [-0.3, -0.25) is 9.78 Å². The standard InChI is InChI=1S/C17H14ClN5O2/c1-25-14-5-4-12(18)9-13(14)20-15-6-7-16(23-22-15)21-17(24)11-3-2-8-19-10-11/h2-10H,1H3,(H,20,22)(H,21,23,24). The summed E-state index contributed by atoms with van der Waals surface area (Å²) in [5.74, 6) is 1.14. The molecule has 25 heavy (non-hydrogen) atoms. The first-order valence-electron chi connectivity index (χ1n) is 7.31. The minimum atomic E-state index is -0.306. The summed E-state index contributed by atoms with van der Waals surface area (Å²) in [5.41, 5.74) is 1.10. The van der Waals surface area contributed by atoms with Crippen LogP contribution in [0.2, 0.25) is 5.02 Å². The second kappa shape index (κ2) is 7.59. The maximum Gasteiger partial charge on any atom is 0.258 e. The van der Waals surface area contributed by atoms with Gasteiger partial charge in [0.25, 0.3) is 5.91 Å². The second-order valence-corrected chi connectivity index (χ2v) is 5.41. The van der Waals surface area contributed by atoms with Crippen molar-refractivity contribution in [3.8, 4) is 5.75 Å². The number of anilines is 3. The summed E-state index contributed by atoms with van der Waals surface area (Å²) in [6.45, 7) is 0. The van der Waals surface area contributed by atoms with Crippen LogP contribution in [-0.4, -0.2) is 28.2 Å². The van der Waals surface area contributed by atoms with Gasteiger partial charge in [-0.2, -0.15) is 0 Å². The van der Waals surface area contributed by atoms with E-state index in [1.54, 1.807) is 55.8 Å². The minimum Gasteiger partial charge on any atom is -0.495 e. The summed E-state index contributed by atoms with van der Waals surface area (Å²) >= 11 is 6.00. The van der Waals surface area contributed by atoms with E-state index >= 15 is 0 Å². The number of halogens is 1. The first-order valence-corrected chi connectivity index (χ1v) is 7.69. The molecule has 0 aliphatic carbocycles. The van der Waals surface area contributed by atoms with Crippen molar-refractivity contribution in [2.45, 2.75) is 0 Å². The predicted octanol–water partition coefficient (Wildman–Crippen LogP) is 3.53. The van der Waals surface area contributed by atoms with Gasteiger partial charge in [-0.05, 0) is 42.5 Å². The third kappa shape index (κ3) is 4.21. The van der Waals surface area contributed by atoms with Gasteiger partial charge in [-0.25, -0.2) is 0 Å². The van der Waals surface area contributed by atoms with Gasteiger partial charge in [-0.15, -0.1) is 10.2 Å². The SMILES string of the molecule is COc1ccc(Cl)cc1Nc1ccc(NC(=O)c2cccnc2)nn1. The zero-order valence-corrected chi connectivity index (χ0v) is 14.0. The molecular formula is C17H14ClN5O2. The average Bonchev–Trinajstić information content (AvgIpc) is 2.64. The molecule has 0 unspecified atom stereocenters. The first-order chi connectivity index (χ1) is 12.2. The summed E-state index contributed by atoms with van der Waals surface area (Å²) in [5, 5.41) is 14.3. The molecule has 8 heteroatoms. The minimum absolute atomic E-state index is 0.306. The highest BCUT2D eigenvalue weighted by molar-refractivity contribution is 6.31. The van der Waals surface area contributed by atoms with E-state index in [-0.39, 0.29) is 5.91 Å². The number of amides is 1. The highest BCUT2D eigenvalue weighted by atomic mass is 35.5. The lowest BCUT2D eigenvalue weighted by Gasteiger charge is -2.11. The van der Waals surface area contributed by atoms with Crippen molar-refractivity contribution in [1.29, 1.82) is 0 Å². The molecule has 126 valence electrons. The molecule has 2 heterocycles. The molecule has 0 aliphatic heterocycles. The number of nitrogens with zero attached hydrogens (tertiary/aromatic N) is 3. The Morgan fingerprint density at radius 3 is 2.60 bits per heavy atom. The normalized spacial score (nSPS) is 10.2. The molecule has 2 N–H and O–H groups in total. The van der Waals surface area contributed by atoms with Crippen molar-refractivity contribution in [1.82, 2.24) is 15.2 Å². The zero-order chi connectivity index (χ0) is 17.6. The number of pyridine rings is 1. The summed E-state index contributed by atoms with van der Waals surface area (Å²) in [6.07, 6.45) is 3.07. The second-order valence-electron chi connectivity index (χ2n) is 4.97. The van der Waals surface area contributed by atoms with Crippen molar-refractivity contribution in [2.24, 2.45) is 0 Å². The molecular weight excluding hydrogens is 342 g/mol. The van der Waals surface area contributed by atoms with Crippen LogP contribution < -0.4 is 15.4 Å². The molecule has 0 saturated carbocycles. The van der Waals surface area contributed by atoms with E-state index in [1.165, 1.54) is 6.20 Å². The molecule has 1 aromatic carbocycles. The number of ether oxygens (including phenoxy) is 1. The monoisotopic (exact) mass is 355 g/mol. The molecule has 0 aliphatic rings. The fourth-order valence-corrected chi connectivity index (χ4v) is 2.24. The summed E-state index contributed by atoms with van der Waals surface area (Å²) in [6, 6.07) is 11.9. The number of hydrogen-bond acceptors (Lipinski definition) is 6. The van der Waals surface area contributed by atoms with Crippen LogP contribution >= 0.6 is 11.6 Å². The van der Waals surface area contributed by atoms with Crippen molar-refractivity contribution in [3.63, 3.8) is 0 Å². The number of aromatic nitrogens is 3. The van der Waals surface area contributed by atoms with Crippen LogP contribution in [0.1, 0.15) is 10.4 Å². The van der Waals surface area contributed by atoms with Gasteiger partial charge in [0.15, 0.2) is 11.6 Å². The Kier molecular flexibility index (Phi) is 5.06. The number of carbonyl (C=O) groups excluding carboxylic acids is 1. The van der Waals surface area contributed by atoms with Gasteiger partial charge >= 0.3 is 0 Å². The van der Waals surface area contributed by atoms with Gasteiger partial charge in [-0.1, -0.05) is 11.6 Å². The average molecular weight is 356 g/mol. The van der Waals surface area contributed by atoms with Crippen molar-refractivity contribution >= 4 is 34.8 Å². The van der Waals surface area contributed by atoms with E-state index in [9.17, 15) is 4.79 Å². The van der Waals surface area contributed by atoms with Crippen LogP contribution in [0.3, 0.4) is 0 Å². The van der Waals surface area contributed by atoms with E-state index in [0.717, 1.165) is 0 Å². The number of rotatable bonds is 5. The van der Waals surface area contributed by atoms with E-state index in [2.05, 4.69) is 25.8 Å². The van der Waals surface area contributed by atoms with Crippen LogP contribution in [-0.2, 0) is 0 Å². The fraction of sp³-hybridized carbons (Fsp3) is 0.0588. The van der Waals surface area contributed by atoms with Crippen molar-refractivity contribution in [2.75, 3.05) is 17.7 Å². The van der Waals surface area contributed by atoms with Crippen LogP contribution in [0.15, 0.2) is 54.9 Å². The van der Waals surface area contributed by atoms with Gasteiger partial charge in [0, 0.05) is 17.4 Å². The predicted molar refractivity (Wildman–Crippen MR) is 95.5 cm³/mol. The zero-order valence-electron chi connectivity index (χ0n) is 13.2. The van der Waals surface area contributed by atoms with E-state index in [0.29, 0.717) is 33.7 Å². The lowest BCUT2D eigenvalue weighted by Crippen LogP contribution is -2.13. The van der Waals surface area contributed by atoms with Crippen molar-refractivity contribution in [3.05, 3.63) is 65.4 Å². The molecule has 3 aromatic rings. The number of benzene rings is 1. The van der Waals surface area contributed by atoms with Gasteiger partial charge in [0.1, 0.15) is 5.75 Å². The first kappa shape index (κ1) is 16.7. The summed E-state index contributed by atoms with van der Waals surface area (Å²) in [7, 11) is 1.57. The van der Waals surface area contributed by atoms with Gasteiger partial charge in [0.05, 0.1) is 18.4 Å².